The van der Waals surface area contributed by atoms with E-state index in [0.29, 0.717) is 6.42 Å². The van der Waals surface area contributed by atoms with Gasteiger partial charge in [-0.25, -0.2) is 4.68 Å². The second kappa shape index (κ2) is 7.73. The van der Waals surface area contributed by atoms with E-state index < -0.39 is 0 Å². The molecule has 2 aromatic carbocycles. The number of aromatic nitrogens is 2. The molecule has 0 bridgehead atoms. The highest BCUT2D eigenvalue weighted by Crippen LogP contribution is 2.23. The normalized spacial score (nSPS) is 11.1. The second-order valence-electron chi connectivity index (χ2n) is 5.84. The maximum atomic E-state index is 11.5. The first-order chi connectivity index (χ1) is 12.2. The molecule has 0 amide bonds. The van der Waals surface area contributed by atoms with Gasteiger partial charge in [-0.2, -0.15) is 5.10 Å². The summed E-state index contributed by atoms with van der Waals surface area (Å²) in [6.07, 6.45) is 6.26. The summed E-state index contributed by atoms with van der Waals surface area (Å²) in [7, 11) is 0. The van der Waals surface area contributed by atoms with Crippen molar-refractivity contribution in [1.29, 1.82) is 0 Å². The molecule has 0 aliphatic rings. The van der Waals surface area contributed by atoms with E-state index in [-0.39, 0.29) is 12.3 Å². The summed E-state index contributed by atoms with van der Waals surface area (Å²) in [5, 5.41) is 4.44. The fraction of sp³-hybridized carbons (Fsp3) is 0.143. The topological polar surface area (TPSA) is 60.9 Å². The van der Waals surface area contributed by atoms with Crippen LogP contribution in [0.3, 0.4) is 0 Å². The Morgan fingerprint density at radius 3 is 2.44 bits per heavy atom. The molecule has 0 saturated carbocycles. The van der Waals surface area contributed by atoms with Gasteiger partial charge in [0.05, 0.1) is 24.1 Å². The van der Waals surface area contributed by atoms with Crippen molar-refractivity contribution >= 4 is 11.9 Å². The molecule has 0 fully saturated rings. The smallest absolute Gasteiger partial charge is 0.150 e. The van der Waals surface area contributed by atoms with Gasteiger partial charge < -0.3 is 5.73 Å². The molecule has 1 heterocycles. The van der Waals surface area contributed by atoms with E-state index in [9.17, 15) is 4.79 Å². The van der Waals surface area contributed by atoms with Gasteiger partial charge in [0.1, 0.15) is 0 Å². The van der Waals surface area contributed by atoms with Gasteiger partial charge in [0.2, 0.25) is 0 Å². The van der Waals surface area contributed by atoms with Gasteiger partial charge in [-0.05, 0) is 36.2 Å². The van der Waals surface area contributed by atoms with Crippen molar-refractivity contribution in [3.05, 3.63) is 78.0 Å². The van der Waals surface area contributed by atoms with E-state index >= 15 is 0 Å². The van der Waals surface area contributed by atoms with Crippen LogP contribution in [-0.4, -0.2) is 22.1 Å². The predicted molar refractivity (Wildman–Crippen MR) is 101 cm³/mol. The third-order valence-electron chi connectivity index (χ3n) is 4.02. The average molecular weight is 331 g/mol. The molecule has 4 nitrogen and oxygen atoms in total. The fourth-order valence-corrected chi connectivity index (χ4v) is 2.74. The average Bonchev–Trinajstić information content (AvgIpc) is 3.13. The van der Waals surface area contributed by atoms with Gasteiger partial charge in [0.15, 0.2) is 5.78 Å². The van der Waals surface area contributed by atoms with Crippen LogP contribution in [0.15, 0.2) is 66.9 Å². The SMILES string of the molecule is C/C=C/c1ccc(-c2ccnn2-c2ccc(CC(=O)CN)cc2)cc1. The van der Waals surface area contributed by atoms with Crippen LogP contribution >= 0.6 is 0 Å². The molecule has 0 radical (unpaired) electrons. The highest BCUT2D eigenvalue weighted by Gasteiger charge is 2.08. The van der Waals surface area contributed by atoms with Gasteiger partial charge >= 0.3 is 0 Å². The Bertz CT molecular complexity index is 874. The van der Waals surface area contributed by atoms with E-state index in [2.05, 4.69) is 35.4 Å². The molecular formula is C21H21N3O. The van der Waals surface area contributed by atoms with Crippen molar-refractivity contribution in [1.82, 2.24) is 9.78 Å². The Morgan fingerprint density at radius 1 is 1.08 bits per heavy atom. The van der Waals surface area contributed by atoms with Crippen molar-refractivity contribution in [3.8, 4) is 16.9 Å². The summed E-state index contributed by atoms with van der Waals surface area (Å²) >= 11 is 0. The van der Waals surface area contributed by atoms with Crippen LogP contribution < -0.4 is 5.73 Å². The van der Waals surface area contributed by atoms with Crippen molar-refractivity contribution in [2.24, 2.45) is 5.73 Å². The Balaban J connectivity index is 1.87. The molecule has 3 rings (SSSR count). The zero-order valence-corrected chi connectivity index (χ0v) is 14.2. The van der Waals surface area contributed by atoms with Crippen LogP contribution in [-0.2, 0) is 11.2 Å². The maximum Gasteiger partial charge on any atom is 0.150 e. The summed E-state index contributed by atoms with van der Waals surface area (Å²) < 4.78 is 1.90. The summed E-state index contributed by atoms with van der Waals surface area (Å²) in [6.45, 7) is 2.09. The van der Waals surface area contributed by atoms with E-state index in [1.54, 1.807) is 6.20 Å². The fourth-order valence-electron chi connectivity index (χ4n) is 2.74. The number of rotatable bonds is 6. The minimum absolute atomic E-state index is 0.0359. The molecule has 2 N–H and O–H groups in total. The van der Waals surface area contributed by atoms with E-state index in [1.165, 1.54) is 5.56 Å². The number of hydrogen-bond donors (Lipinski definition) is 1. The Labute approximate surface area is 147 Å². The van der Waals surface area contributed by atoms with Crippen molar-refractivity contribution in [2.45, 2.75) is 13.3 Å². The first kappa shape index (κ1) is 16.9. The number of ketones is 1. The number of carbonyl (C=O) groups excluding carboxylic acids is 1. The van der Waals surface area contributed by atoms with Gasteiger partial charge in [0, 0.05) is 12.0 Å². The van der Waals surface area contributed by atoms with Crippen molar-refractivity contribution < 1.29 is 4.79 Å². The molecule has 0 unspecified atom stereocenters. The van der Waals surface area contributed by atoms with Gasteiger partial charge in [-0.15, -0.1) is 0 Å². The van der Waals surface area contributed by atoms with Crippen molar-refractivity contribution in [2.75, 3.05) is 6.54 Å². The number of nitrogens with two attached hydrogens (primary N) is 1. The van der Waals surface area contributed by atoms with Crippen LogP contribution in [0.4, 0.5) is 0 Å². The van der Waals surface area contributed by atoms with Crippen molar-refractivity contribution in [3.63, 3.8) is 0 Å². The summed E-state index contributed by atoms with van der Waals surface area (Å²) in [6, 6.07) is 18.2. The Morgan fingerprint density at radius 2 is 1.80 bits per heavy atom. The number of carbonyl (C=O) groups is 1. The lowest BCUT2D eigenvalue weighted by atomic mass is 10.1. The standard InChI is InChI=1S/C21H21N3O/c1-2-3-16-4-8-18(9-5-16)21-12-13-23-24(21)19-10-6-17(7-11-19)14-20(25)15-22/h2-13H,14-15,22H2,1H3/b3-2+. The molecule has 0 aliphatic heterocycles. The van der Waals surface area contributed by atoms with Crippen LogP contribution in [0.1, 0.15) is 18.1 Å². The van der Waals surface area contributed by atoms with Crippen LogP contribution in [0, 0.1) is 0 Å². The molecule has 126 valence electrons. The quantitative estimate of drug-likeness (QED) is 0.750. The third kappa shape index (κ3) is 3.92. The maximum absolute atomic E-state index is 11.5. The molecule has 0 saturated heterocycles. The van der Waals surface area contributed by atoms with Gasteiger partial charge in [-0.1, -0.05) is 48.6 Å². The highest BCUT2D eigenvalue weighted by atomic mass is 16.1. The third-order valence-corrected chi connectivity index (χ3v) is 4.02. The summed E-state index contributed by atoms with van der Waals surface area (Å²) in [4.78, 5) is 11.5. The van der Waals surface area contributed by atoms with Crippen LogP contribution in [0.5, 0.6) is 0 Å². The number of hydrogen-bond acceptors (Lipinski definition) is 3. The molecule has 4 heteroatoms. The van der Waals surface area contributed by atoms with Gasteiger partial charge in [0.25, 0.3) is 0 Å². The number of nitrogens with zero attached hydrogens (tertiary/aromatic N) is 2. The number of Topliss-reactive ketones (excluding diaryl/α,β-unsaturated/α-hetero) is 1. The molecule has 25 heavy (non-hydrogen) atoms. The molecule has 1 aromatic heterocycles. The van der Waals surface area contributed by atoms with E-state index in [0.717, 1.165) is 22.5 Å². The molecule has 3 aromatic rings. The molecule has 0 spiro atoms. The summed E-state index contributed by atoms with van der Waals surface area (Å²) in [5.74, 6) is 0.0359. The Kier molecular flexibility index (Phi) is 5.21. The minimum Gasteiger partial charge on any atom is -0.324 e. The Hall–Kier alpha value is -2.98. The number of benzene rings is 2. The second-order valence-corrected chi connectivity index (χ2v) is 5.84. The predicted octanol–water partition coefficient (Wildman–Crippen LogP) is 3.64. The highest BCUT2D eigenvalue weighted by molar-refractivity contribution is 5.82. The molecule has 0 aliphatic carbocycles. The lowest BCUT2D eigenvalue weighted by Gasteiger charge is -2.09. The van der Waals surface area contributed by atoms with Crippen LogP contribution in [0.2, 0.25) is 0 Å². The molecular weight excluding hydrogens is 310 g/mol. The zero-order chi connectivity index (χ0) is 17.6. The largest absolute Gasteiger partial charge is 0.324 e. The van der Waals surface area contributed by atoms with E-state index in [4.69, 9.17) is 5.73 Å². The van der Waals surface area contributed by atoms with Gasteiger partial charge in [-0.3, -0.25) is 4.79 Å². The summed E-state index contributed by atoms with van der Waals surface area (Å²) in [5.41, 5.74) is 10.6. The lowest BCUT2D eigenvalue weighted by Crippen LogP contribution is -2.15. The first-order valence-electron chi connectivity index (χ1n) is 8.29. The zero-order valence-electron chi connectivity index (χ0n) is 14.2. The first-order valence-corrected chi connectivity index (χ1v) is 8.29. The number of allylic oxidation sites excluding steroid dienone is 1. The monoisotopic (exact) mass is 331 g/mol. The minimum atomic E-state index is 0.0359. The van der Waals surface area contributed by atoms with Crippen LogP contribution in [0.25, 0.3) is 23.0 Å². The lowest BCUT2D eigenvalue weighted by molar-refractivity contribution is -0.117. The molecule has 0 atom stereocenters. The van der Waals surface area contributed by atoms with E-state index in [1.807, 2.05) is 48.0 Å².